The zero-order valence-corrected chi connectivity index (χ0v) is 24.5. The number of hydrogen-bond acceptors (Lipinski definition) is 5. The van der Waals surface area contributed by atoms with E-state index in [1.54, 1.807) is 23.0 Å². The lowest BCUT2D eigenvalue weighted by Gasteiger charge is -2.38. The van der Waals surface area contributed by atoms with Crippen LogP contribution in [-0.2, 0) is 16.2 Å². The van der Waals surface area contributed by atoms with Crippen molar-refractivity contribution >= 4 is 29.5 Å². The van der Waals surface area contributed by atoms with Gasteiger partial charge in [-0.25, -0.2) is 0 Å². The molecule has 0 N–H and O–H groups in total. The molecule has 2 aliphatic heterocycles. The topological polar surface area (TPSA) is 78.3 Å². The average Bonchev–Trinajstić information content (AvgIpc) is 2.99. The standard InChI is InChI=1S/C33H37N5O3/c1-7-27(40)36-14-16-37(17-15-36)33(34-6)26-18-23(5)28-25-11-9-8-10-24(25)19-41-32(28)31(26)38(20-39)30-22(4)12-13-35-29(30)21(2)3/h7-13,18,20-21H,1,14-17,19H2,2-6H3/b34-33+. The highest BCUT2D eigenvalue weighted by molar-refractivity contribution is 6.11. The van der Waals surface area contributed by atoms with Gasteiger partial charge in [-0.1, -0.05) is 44.7 Å². The number of carbonyl (C=O) groups excluding carboxylic acids is 2. The number of pyridine rings is 1. The Hall–Kier alpha value is -4.46. The molecule has 8 nitrogen and oxygen atoms in total. The molecule has 0 atom stereocenters. The summed E-state index contributed by atoms with van der Waals surface area (Å²) in [7, 11) is 1.77. The molecule has 3 aromatic rings. The molecule has 0 unspecified atom stereocenters. The minimum absolute atomic E-state index is 0.0718. The molecular weight excluding hydrogens is 514 g/mol. The van der Waals surface area contributed by atoms with Crippen LogP contribution in [0.3, 0.4) is 0 Å². The van der Waals surface area contributed by atoms with Crippen LogP contribution >= 0.6 is 0 Å². The van der Waals surface area contributed by atoms with Crippen LogP contribution in [0.4, 0.5) is 11.4 Å². The van der Waals surface area contributed by atoms with E-state index in [1.165, 1.54) is 6.08 Å². The third kappa shape index (κ3) is 4.99. The van der Waals surface area contributed by atoms with Gasteiger partial charge in [0.25, 0.3) is 0 Å². The van der Waals surface area contributed by atoms with Crippen LogP contribution in [0, 0.1) is 13.8 Å². The van der Waals surface area contributed by atoms with Crippen molar-refractivity contribution in [3.05, 3.63) is 83.2 Å². The van der Waals surface area contributed by atoms with Gasteiger partial charge in [-0.2, -0.15) is 0 Å². The molecule has 5 rings (SSSR count). The quantitative estimate of drug-likeness (QED) is 0.178. The highest BCUT2D eigenvalue weighted by Crippen LogP contribution is 2.50. The van der Waals surface area contributed by atoms with Crippen molar-refractivity contribution in [1.82, 2.24) is 14.8 Å². The molecule has 0 aliphatic carbocycles. The van der Waals surface area contributed by atoms with Crippen LogP contribution in [0.25, 0.3) is 11.1 Å². The predicted octanol–water partition coefficient (Wildman–Crippen LogP) is 5.38. The van der Waals surface area contributed by atoms with Gasteiger partial charge in [-0.3, -0.25) is 24.5 Å². The Morgan fingerprint density at radius 1 is 1.07 bits per heavy atom. The van der Waals surface area contributed by atoms with Crippen molar-refractivity contribution in [3.8, 4) is 16.9 Å². The summed E-state index contributed by atoms with van der Waals surface area (Å²) in [5.74, 6) is 1.43. The number of amidine groups is 1. The molecule has 2 aromatic carbocycles. The van der Waals surface area contributed by atoms with Gasteiger partial charge in [-0.05, 0) is 60.2 Å². The van der Waals surface area contributed by atoms with E-state index in [0.717, 1.165) is 57.0 Å². The number of aryl methyl sites for hydroxylation is 2. The second-order valence-corrected chi connectivity index (χ2v) is 10.8. The van der Waals surface area contributed by atoms with Gasteiger partial charge in [0.2, 0.25) is 12.3 Å². The summed E-state index contributed by atoms with van der Waals surface area (Å²) >= 11 is 0. The van der Waals surface area contributed by atoms with E-state index in [9.17, 15) is 9.59 Å². The van der Waals surface area contributed by atoms with Crippen LogP contribution in [-0.4, -0.2) is 66.2 Å². The minimum atomic E-state index is -0.0718. The van der Waals surface area contributed by atoms with Crippen molar-refractivity contribution in [2.45, 2.75) is 40.2 Å². The summed E-state index contributed by atoms with van der Waals surface area (Å²) in [6.45, 7) is 14.6. The minimum Gasteiger partial charge on any atom is -0.486 e. The second kappa shape index (κ2) is 11.6. The molecule has 1 saturated heterocycles. The first-order valence-electron chi connectivity index (χ1n) is 14.0. The van der Waals surface area contributed by atoms with Gasteiger partial charge in [0.05, 0.1) is 11.4 Å². The summed E-state index contributed by atoms with van der Waals surface area (Å²) < 4.78 is 6.53. The molecule has 0 radical (unpaired) electrons. The number of carbonyl (C=O) groups is 2. The fourth-order valence-corrected chi connectivity index (χ4v) is 5.93. The highest BCUT2D eigenvalue weighted by atomic mass is 16.5. The van der Waals surface area contributed by atoms with E-state index < -0.39 is 0 Å². The Labute approximate surface area is 242 Å². The zero-order chi connectivity index (χ0) is 29.3. The number of benzene rings is 2. The first-order valence-corrected chi connectivity index (χ1v) is 14.0. The molecule has 3 heterocycles. The SMILES string of the molecule is C=CC(=O)N1CCN(/C(=N/C)c2cc(C)c3c(c2N(C=O)c2c(C)ccnc2C(C)C)OCc2ccccc2-3)CC1. The van der Waals surface area contributed by atoms with Crippen LogP contribution in [0.15, 0.2) is 60.2 Å². The molecule has 1 fully saturated rings. The van der Waals surface area contributed by atoms with Gasteiger partial charge in [0, 0.05) is 50.6 Å². The zero-order valence-electron chi connectivity index (χ0n) is 24.5. The maximum atomic E-state index is 13.2. The van der Waals surface area contributed by atoms with Crippen molar-refractivity contribution in [3.63, 3.8) is 0 Å². The first-order chi connectivity index (χ1) is 19.8. The smallest absolute Gasteiger partial charge is 0.246 e. The first kappa shape index (κ1) is 28.1. The fourth-order valence-electron chi connectivity index (χ4n) is 5.93. The predicted molar refractivity (Wildman–Crippen MR) is 163 cm³/mol. The van der Waals surface area contributed by atoms with Gasteiger partial charge in [-0.15, -0.1) is 0 Å². The molecule has 212 valence electrons. The number of piperazine rings is 1. The summed E-state index contributed by atoms with van der Waals surface area (Å²) in [6, 6.07) is 12.3. The molecule has 0 bridgehead atoms. The molecule has 8 heteroatoms. The van der Waals surface area contributed by atoms with E-state index in [4.69, 9.17) is 9.73 Å². The van der Waals surface area contributed by atoms with E-state index in [0.29, 0.717) is 44.2 Å². The Kier molecular flexibility index (Phi) is 7.92. The van der Waals surface area contributed by atoms with Gasteiger partial charge in [0.1, 0.15) is 18.1 Å². The highest BCUT2D eigenvalue weighted by Gasteiger charge is 2.33. The summed E-state index contributed by atoms with van der Waals surface area (Å²) in [5, 5.41) is 0. The molecule has 0 spiro atoms. The second-order valence-electron chi connectivity index (χ2n) is 10.8. The number of rotatable bonds is 6. The van der Waals surface area contributed by atoms with Gasteiger partial charge in [0.15, 0.2) is 5.75 Å². The lowest BCUT2D eigenvalue weighted by atomic mass is 9.89. The third-order valence-electron chi connectivity index (χ3n) is 7.92. The average molecular weight is 552 g/mol. The molecular formula is C33H37N5O3. The summed E-state index contributed by atoms with van der Waals surface area (Å²) in [4.78, 5) is 40.5. The van der Waals surface area contributed by atoms with E-state index >= 15 is 0 Å². The van der Waals surface area contributed by atoms with Crippen molar-refractivity contribution < 1.29 is 14.3 Å². The maximum absolute atomic E-state index is 13.2. The van der Waals surface area contributed by atoms with Crippen molar-refractivity contribution in [2.24, 2.45) is 4.99 Å². The molecule has 41 heavy (non-hydrogen) atoms. The van der Waals surface area contributed by atoms with E-state index in [1.807, 2.05) is 25.1 Å². The van der Waals surface area contributed by atoms with Gasteiger partial charge < -0.3 is 14.5 Å². The number of aromatic nitrogens is 1. The number of fused-ring (bicyclic) bond motifs is 3. The molecule has 0 saturated carbocycles. The lowest BCUT2D eigenvalue weighted by molar-refractivity contribution is -0.127. The normalized spacial score (nSPS) is 14.7. The maximum Gasteiger partial charge on any atom is 0.246 e. The van der Waals surface area contributed by atoms with Crippen molar-refractivity contribution in [2.75, 3.05) is 38.1 Å². The number of nitrogens with zero attached hydrogens (tertiary/aromatic N) is 5. The van der Waals surface area contributed by atoms with Crippen molar-refractivity contribution in [1.29, 1.82) is 0 Å². The van der Waals surface area contributed by atoms with E-state index in [2.05, 4.69) is 55.4 Å². The molecule has 1 aromatic heterocycles. The summed E-state index contributed by atoms with van der Waals surface area (Å²) in [5.41, 5.74) is 8.20. The molecule has 2 amide bonds. The van der Waals surface area contributed by atoms with Crippen LogP contribution in [0.5, 0.6) is 5.75 Å². The van der Waals surface area contributed by atoms with Crippen LogP contribution in [0.2, 0.25) is 0 Å². The summed E-state index contributed by atoms with van der Waals surface area (Å²) in [6.07, 6.45) is 4.01. The fraction of sp³-hybridized carbons (Fsp3) is 0.333. The number of amides is 2. The third-order valence-corrected chi connectivity index (χ3v) is 7.92. The van der Waals surface area contributed by atoms with E-state index in [-0.39, 0.29) is 11.8 Å². The monoisotopic (exact) mass is 551 g/mol. The number of aliphatic imine (C=N–C) groups is 1. The number of ether oxygens (including phenoxy) is 1. The van der Waals surface area contributed by atoms with Gasteiger partial charge >= 0.3 is 0 Å². The Morgan fingerprint density at radius 3 is 2.44 bits per heavy atom. The van der Waals surface area contributed by atoms with Crippen LogP contribution < -0.4 is 9.64 Å². The number of anilines is 2. The lowest BCUT2D eigenvalue weighted by Crippen LogP contribution is -2.50. The molecule has 2 aliphatic rings. The largest absolute Gasteiger partial charge is 0.486 e. The Morgan fingerprint density at radius 2 is 1.78 bits per heavy atom. The number of hydrogen-bond donors (Lipinski definition) is 0. The Balaban J connectivity index is 1.74. The Bertz CT molecular complexity index is 1540. The van der Waals surface area contributed by atoms with Crippen LogP contribution in [0.1, 0.15) is 47.7 Å².